The molecule has 2 aliphatic rings. The second-order valence-electron chi connectivity index (χ2n) is 5.50. The number of carbonyl (C=O) groups excluding carboxylic acids is 1. The fourth-order valence-electron chi connectivity index (χ4n) is 3.14. The second kappa shape index (κ2) is 5.29. The SMILES string of the molecule is O=C(CC1CCCN1)NC1CCc2cc(F)ccc21. The first kappa shape index (κ1) is 12.6. The van der Waals surface area contributed by atoms with Crippen molar-refractivity contribution in [2.75, 3.05) is 6.54 Å². The van der Waals surface area contributed by atoms with Gasteiger partial charge in [-0.1, -0.05) is 6.07 Å². The van der Waals surface area contributed by atoms with Crippen LogP contribution in [0.4, 0.5) is 4.39 Å². The van der Waals surface area contributed by atoms with E-state index in [1.807, 2.05) is 0 Å². The van der Waals surface area contributed by atoms with Crippen LogP contribution in [-0.4, -0.2) is 18.5 Å². The van der Waals surface area contributed by atoms with E-state index >= 15 is 0 Å². The summed E-state index contributed by atoms with van der Waals surface area (Å²) < 4.78 is 13.1. The second-order valence-corrected chi connectivity index (χ2v) is 5.50. The molecule has 4 heteroatoms. The van der Waals surface area contributed by atoms with Crippen molar-refractivity contribution in [3.63, 3.8) is 0 Å². The van der Waals surface area contributed by atoms with Gasteiger partial charge in [-0.05, 0) is 55.5 Å². The molecule has 3 nitrogen and oxygen atoms in total. The van der Waals surface area contributed by atoms with Crippen molar-refractivity contribution in [3.05, 3.63) is 35.1 Å². The quantitative estimate of drug-likeness (QED) is 0.875. The molecule has 2 atom stereocenters. The van der Waals surface area contributed by atoms with Crippen LogP contribution in [0.25, 0.3) is 0 Å². The van der Waals surface area contributed by atoms with Crippen molar-refractivity contribution in [3.8, 4) is 0 Å². The third-order valence-electron chi connectivity index (χ3n) is 4.11. The lowest BCUT2D eigenvalue weighted by Crippen LogP contribution is -2.33. The summed E-state index contributed by atoms with van der Waals surface area (Å²) >= 11 is 0. The summed E-state index contributed by atoms with van der Waals surface area (Å²) in [7, 11) is 0. The number of nitrogens with one attached hydrogen (secondary N) is 2. The maximum atomic E-state index is 13.1. The van der Waals surface area contributed by atoms with Gasteiger partial charge in [-0.3, -0.25) is 4.79 Å². The lowest BCUT2D eigenvalue weighted by atomic mass is 10.1. The Balaban J connectivity index is 1.61. The molecule has 1 aromatic carbocycles. The molecular formula is C15H19FN2O. The molecule has 0 spiro atoms. The highest BCUT2D eigenvalue weighted by atomic mass is 19.1. The molecule has 19 heavy (non-hydrogen) atoms. The molecular weight excluding hydrogens is 243 g/mol. The summed E-state index contributed by atoms with van der Waals surface area (Å²) in [5.41, 5.74) is 2.11. The fourth-order valence-corrected chi connectivity index (χ4v) is 3.14. The van der Waals surface area contributed by atoms with E-state index in [-0.39, 0.29) is 17.8 Å². The van der Waals surface area contributed by atoms with Crippen molar-refractivity contribution in [1.82, 2.24) is 10.6 Å². The number of carbonyl (C=O) groups is 1. The van der Waals surface area contributed by atoms with E-state index in [9.17, 15) is 9.18 Å². The minimum Gasteiger partial charge on any atom is -0.349 e. The van der Waals surface area contributed by atoms with Crippen molar-refractivity contribution in [2.45, 2.75) is 44.2 Å². The van der Waals surface area contributed by atoms with Gasteiger partial charge >= 0.3 is 0 Å². The summed E-state index contributed by atoms with van der Waals surface area (Å²) in [4.78, 5) is 12.0. The van der Waals surface area contributed by atoms with Crippen LogP contribution in [0, 0.1) is 5.82 Å². The Labute approximate surface area is 112 Å². The molecule has 1 aliphatic carbocycles. The van der Waals surface area contributed by atoms with Gasteiger partial charge in [0.1, 0.15) is 5.82 Å². The summed E-state index contributed by atoms with van der Waals surface area (Å²) in [5.74, 6) is -0.0949. The Morgan fingerprint density at radius 3 is 3.11 bits per heavy atom. The maximum absolute atomic E-state index is 13.1. The molecule has 2 N–H and O–H groups in total. The van der Waals surface area contributed by atoms with Crippen LogP contribution < -0.4 is 10.6 Å². The Hall–Kier alpha value is -1.42. The average Bonchev–Trinajstić information content (AvgIpc) is 2.99. The smallest absolute Gasteiger partial charge is 0.222 e. The van der Waals surface area contributed by atoms with Crippen LogP contribution >= 0.6 is 0 Å². The molecule has 2 unspecified atom stereocenters. The topological polar surface area (TPSA) is 41.1 Å². The number of hydrogen-bond acceptors (Lipinski definition) is 2. The van der Waals surface area contributed by atoms with Crippen LogP contribution in [0.3, 0.4) is 0 Å². The minimum atomic E-state index is -0.194. The first-order chi connectivity index (χ1) is 9.22. The molecule has 0 aromatic heterocycles. The number of rotatable bonds is 3. The van der Waals surface area contributed by atoms with E-state index in [0.717, 1.165) is 43.4 Å². The lowest BCUT2D eigenvalue weighted by Gasteiger charge is -2.16. The van der Waals surface area contributed by atoms with Gasteiger partial charge in [-0.15, -0.1) is 0 Å². The van der Waals surface area contributed by atoms with E-state index in [1.54, 1.807) is 12.1 Å². The summed E-state index contributed by atoms with van der Waals surface area (Å²) in [6.45, 7) is 1.02. The average molecular weight is 262 g/mol. The number of hydrogen-bond donors (Lipinski definition) is 2. The highest BCUT2D eigenvalue weighted by Crippen LogP contribution is 2.31. The summed E-state index contributed by atoms with van der Waals surface area (Å²) in [5, 5.41) is 6.41. The van der Waals surface area contributed by atoms with Gasteiger partial charge in [0, 0.05) is 12.5 Å². The number of amides is 1. The molecule has 1 saturated heterocycles. The van der Waals surface area contributed by atoms with E-state index in [2.05, 4.69) is 10.6 Å². The molecule has 0 radical (unpaired) electrons. The Morgan fingerprint density at radius 2 is 2.32 bits per heavy atom. The minimum absolute atomic E-state index is 0.0597. The zero-order chi connectivity index (χ0) is 13.2. The van der Waals surface area contributed by atoms with E-state index in [0.29, 0.717) is 12.5 Å². The van der Waals surface area contributed by atoms with Crippen molar-refractivity contribution < 1.29 is 9.18 Å². The Bertz CT molecular complexity index is 483. The zero-order valence-corrected chi connectivity index (χ0v) is 10.9. The van der Waals surface area contributed by atoms with Crippen LogP contribution in [0.15, 0.2) is 18.2 Å². The predicted molar refractivity (Wildman–Crippen MR) is 71.2 cm³/mol. The van der Waals surface area contributed by atoms with Gasteiger partial charge in [0.05, 0.1) is 6.04 Å². The number of aryl methyl sites for hydroxylation is 1. The third-order valence-corrected chi connectivity index (χ3v) is 4.11. The third kappa shape index (κ3) is 2.78. The fraction of sp³-hybridized carbons (Fsp3) is 0.533. The molecule has 1 fully saturated rings. The normalized spacial score (nSPS) is 25.3. The van der Waals surface area contributed by atoms with Crippen molar-refractivity contribution >= 4 is 5.91 Å². The van der Waals surface area contributed by atoms with Crippen LogP contribution in [-0.2, 0) is 11.2 Å². The van der Waals surface area contributed by atoms with E-state index in [4.69, 9.17) is 0 Å². The number of fused-ring (bicyclic) bond motifs is 1. The standard InChI is InChI=1S/C15H19FN2O/c16-11-4-5-13-10(8-11)3-6-14(13)18-15(19)9-12-2-1-7-17-12/h4-5,8,12,14,17H,1-3,6-7,9H2,(H,18,19). The monoisotopic (exact) mass is 262 g/mol. The molecule has 3 rings (SSSR count). The predicted octanol–water partition coefficient (Wildman–Crippen LogP) is 2.07. The molecule has 1 amide bonds. The Morgan fingerprint density at radius 1 is 1.42 bits per heavy atom. The molecule has 1 aliphatic heterocycles. The molecule has 1 aromatic rings. The molecule has 0 saturated carbocycles. The molecule has 102 valence electrons. The summed E-state index contributed by atoms with van der Waals surface area (Å²) in [6.07, 6.45) is 4.51. The van der Waals surface area contributed by atoms with Crippen molar-refractivity contribution in [1.29, 1.82) is 0 Å². The first-order valence-electron chi connectivity index (χ1n) is 7.03. The highest BCUT2D eigenvalue weighted by Gasteiger charge is 2.25. The highest BCUT2D eigenvalue weighted by molar-refractivity contribution is 5.77. The van der Waals surface area contributed by atoms with Gasteiger partial charge in [0.25, 0.3) is 0 Å². The number of halogens is 1. The van der Waals surface area contributed by atoms with Gasteiger partial charge in [-0.25, -0.2) is 4.39 Å². The van der Waals surface area contributed by atoms with Gasteiger partial charge < -0.3 is 10.6 Å². The van der Waals surface area contributed by atoms with Crippen LogP contribution in [0.5, 0.6) is 0 Å². The van der Waals surface area contributed by atoms with Crippen molar-refractivity contribution in [2.24, 2.45) is 0 Å². The maximum Gasteiger partial charge on any atom is 0.222 e. The summed E-state index contributed by atoms with van der Waals surface area (Å²) in [6, 6.07) is 5.25. The Kier molecular flexibility index (Phi) is 3.51. The van der Waals surface area contributed by atoms with Crippen LogP contribution in [0.1, 0.15) is 42.9 Å². The van der Waals surface area contributed by atoms with E-state index < -0.39 is 0 Å². The van der Waals surface area contributed by atoms with Gasteiger partial charge in [0.15, 0.2) is 0 Å². The van der Waals surface area contributed by atoms with Gasteiger partial charge in [0.2, 0.25) is 5.91 Å². The van der Waals surface area contributed by atoms with Gasteiger partial charge in [-0.2, -0.15) is 0 Å². The van der Waals surface area contributed by atoms with E-state index in [1.165, 1.54) is 6.07 Å². The lowest BCUT2D eigenvalue weighted by molar-refractivity contribution is -0.122. The zero-order valence-electron chi connectivity index (χ0n) is 10.9. The molecule has 1 heterocycles. The number of benzene rings is 1. The molecule has 0 bridgehead atoms. The first-order valence-corrected chi connectivity index (χ1v) is 7.03. The van der Waals surface area contributed by atoms with Crippen LogP contribution in [0.2, 0.25) is 0 Å². The largest absolute Gasteiger partial charge is 0.349 e.